The highest BCUT2D eigenvalue weighted by molar-refractivity contribution is 14.0. The van der Waals surface area contributed by atoms with Crippen LogP contribution in [0.5, 0.6) is 5.75 Å². The van der Waals surface area contributed by atoms with Crippen molar-refractivity contribution in [1.82, 2.24) is 15.5 Å². The summed E-state index contributed by atoms with van der Waals surface area (Å²) in [5.41, 5.74) is 1.69. The van der Waals surface area contributed by atoms with Gasteiger partial charge in [0, 0.05) is 39.3 Å². The lowest BCUT2D eigenvalue weighted by molar-refractivity contribution is 0.0827. The number of nitrogens with zero attached hydrogens (tertiary/aromatic N) is 2. The summed E-state index contributed by atoms with van der Waals surface area (Å²) in [4.78, 5) is 17.7. The molecule has 164 valence electrons. The number of carbonyl (C=O) groups is 1. The van der Waals surface area contributed by atoms with E-state index in [2.05, 4.69) is 15.6 Å². The van der Waals surface area contributed by atoms with Crippen molar-refractivity contribution in [2.24, 2.45) is 4.99 Å². The second-order valence-corrected chi connectivity index (χ2v) is 6.50. The van der Waals surface area contributed by atoms with Crippen LogP contribution in [-0.2, 0) is 6.42 Å². The van der Waals surface area contributed by atoms with Gasteiger partial charge in [-0.05, 0) is 36.2 Å². The molecule has 6 nitrogen and oxygen atoms in total. The van der Waals surface area contributed by atoms with Crippen LogP contribution in [-0.4, -0.2) is 57.6 Å². The molecule has 2 aromatic carbocycles. The van der Waals surface area contributed by atoms with Gasteiger partial charge in [-0.25, -0.2) is 8.78 Å². The molecule has 0 saturated heterocycles. The van der Waals surface area contributed by atoms with Crippen LogP contribution < -0.4 is 15.4 Å². The summed E-state index contributed by atoms with van der Waals surface area (Å²) >= 11 is 0. The second-order valence-electron chi connectivity index (χ2n) is 6.50. The molecule has 0 atom stereocenters. The van der Waals surface area contributed by atoms with E-state index < -0.39 is 11.6 Å². The predicted octanol–water partition coefficient (Wildman–Crippen LogP) is 3.07. The first-order valence-electron chi connectivity index (χ1n) is 9.23. The number of hydrogen-bond donors (Lipinski definition) is 2. The zero-order valence-electron chi connectivity index (χ0n) is 17.2. The molecule has 0 aromatic heterocycles. The highest BCUT2D eigenvalue weighted by Crippen LogP contribution is 2.17. The first-order valence-corrected chi connectivity index (χ1v) is 9.23. The van der Waals surface area contributed by atoms with Gasteiger partial charge in [0.1, 0.15) is 12.4 Å². The number of guanidine groups is 1. The third-order valence-corrected chi connectivity index (χ3v) is 4.06. The van der Waals surface area contributed by atoms with Crippen LogP contribution in [0.1, 0.15) is 15.9 Å². The fourth-order valence-corrected chi connectivity index (χ4v) is 2.59. The quantitative estimate of drug-likeness (QED) is 0.238. The Morgan fingerprint density at radius 1 is 1.10 bits per heavy atom. The third-order valence-electron chi connectivity index (χ3n) is 4.06. The summed E-state index contributed by atoms with van der Waals surface area (Å²) in [5, 5.41) is 6.23. The molecule has 0 aliphatic carbocycles. The number of halogens is 3. The molecule has 0 heterocycles. The first-order chi connectivity index (χ1) is 13.9. The monoisotopic (exact) mass is 532 g/mol. The second kappa shape index (κ2) is 13.0. The Balaban J connectivity index is 0.00000450. The minimum Gasteiger partial charge on any atom is -0.489 e. The van der Waals surface area contributed by atoms with E-state index in [0.717, 1.165) is 17.7 Å². The molecule has 2 aromatic rings. The van der Waals surface area contributed by atoms with E-state index in [-0.39, 0.29) is 42.2 Å². The molecule has 0 aliphatic rings. The molecule has 9 heteroatoms. The van der Waals surface area contributed by atoms with E-state index in [9.17, 15) is 13.6 Å². The number of benzene rings is 2. The SMILES string of the molecule is CN=C(NCCOc1ccc(F)cc1F)NCCc1cccc(C(=O)N(C)C)c1.I. The van der Waals surface area contributed by atoms with E-state index in [1.165, 1.54) is 6.07 Å². The van der Waals surface area contributed by atoms with Crippen molar-refractivity contribution in [3.8, 4) is 5.75 Å². The lowest BCUT2D eigenvalue weighted by Gasteiger charge is -2.13. The highest BCUT2D eigenvalue weighted by atomic mass is 127. The van der Waals surface area contributed by atoms with Gasteiger partial charge in [-0.2, -0.15) is 0 Å². The van der Waals surface area contributed by atoms with Crippen molar-refractivity contribution in [3.05, 3.63) is 65.2 Å². The maximum absolute atomic E-state index is 13.5. The summed E-state index contributed by atoms with van der Waals surface area (Å²) in [5.74, 6) is -0.830. The molecule has 0 saturated carbocycles. The normalized spacial score (nSPS) is 10.8. The molecule has 30 heavy (non-hydrogen) atoms. The van der Waals surface area contributed by atoms with E-state index in [1.807, 2.05) is 18.2 Å². The standard InChI is InChI=1S/C21H26F2N4O2.HI/c1-24-21(26-11-12-29-19-8-7-17(22)14-18(19)23)25-10-9-15-5-4-6-16(13-15)20(28)27(2)3;/h4-8,13-14H,9-12H2,1-3H3,(H2,24,25,26);1H. The van der Waals surface area contributed by atoms with Crippen LogP contribution in [0.2, 0.25) is 0 Å². The van der Waals surface area contributed by atoms with Crippen molar-refractivity contribution in [3.63, 3.8) is 0 Å². The van der Waals surface area contributed by atoms with Crippen LogP contribution in [0.4, 0.5) is 8.78 Å². The smallest absolute Gasteiger partial charge is 0.253 e. The number of carbonyl (C=O) groups excluding carboxylic acids is 1. The summed E-state index contributed by atoms with van der Waals surface area (Å²) in [6.07, 6.45) is 0.715. The largest absolute Gasteiger partial charge is 0.489 e. The summed E-state index contributed by atoms with van der Waals surface area (Å²) in [7, 11) is 5.09. The lowest BCUT2D eigenvalue weighted by atomic mass is 10.1. The molecular formula is C21H27F2IN4O2. The number of hydrogen-bond acceptors (Lipinski definition) is 3. The average molecular weight is 532 g/mol. The maximum atomic E-state index is 13.5. The zero-order valence-corrected chi connectivity index (χ0v) is 19.6. The van der Waals surface area contributed by atoms with Gasteiger partial charge in [-0.1, -0.05) is 12.1 Å². The minimum atomic E-state index is -0.734. The van der Waals surface area contributed by atoms with Gasteiger partial charge in [0.25, 0.3) is 5.91 Å². The van der Waals surface area contributed by atoms with Gasteiger partial charge in [0.15, 0.2) is 17.5 Å². The van der Waals surface area contributed by atoms with Crippen LogP contribution in [0.25, 0.3) is 0 Å². The molecule has 2 rings (SSSR count). The average Bonchev–Trinajstić information content (AvgIpc) is 2.70. The Hall–Kier alpha value is -2.43. The van der Waals surface area contributed by atoms with E-state index in [0.29, 0.717) is 31.0 Å². The zero-order chi connectivity index (χ0) is 21.2. The number of aliphatic imine (C=N–C) groups is 1. The molecule has 1 amide bonds. The van der Waals surface area contributed by atoms with Crippen LogP contribution in [0.15, 0.2) is 47.5 Å². The molecular weight excluding hydrogens is 505 g/mol. The highest BCUT2D eigenvalue weighted by Gasteiger charge is 2.08. The van der Waals surface area contributed by atoms with Crippen molar-refractivity contribution < 1.29 is 18.3 Å². The van der Waals surface area contributed by atoms with Crippen molar-refractivity contribution >= 4 is 35.8 Å². The van der Waals surface area contributed by atoms with Crippen molar-refractivity contribution in [2.45, 2.75) is 6.42 Å². The van der Waals surface area contributed by atoms with Crippen LogP contribution >= 0.6 is 24.0 Å². The maximum Gasteiger partial charge on any atom is 0.253 e. The first kappa shape index (κ1) is 25.6. The lowest BCUT2D eigenvalue weighted by Crippen LogP contribution is -2.40. The van der Waals surface area contributed by atoms with Gasteiger partial charge in [-0.3, -0.25) is 9.79 Å². The van der Waals surface area contributed by atoms with Gasteiger partial charge >= 0.3 is 0 Å². The molecule has 0 fully saturated rings. The van der Waals surface area contributed by atoms with E-state index in [4.69, 9.17) is 4.74 Å². The predicted molar refractivity (Wildman–Crippen MR) is 125 cm³/mol. The van der Waals surface area contributed by atoms with Gasteiger partial charge in [-0.15, -0.1) is 24.0 Å². The fraction of sp³-hybridized carbons (Fsp3) is 0.333. The summed E-state index contributed by atoms with van der Waals surface area (Å²) in [6, 6.07) is 10.7. The van der Waals surface area contributed by atoms with E-state index in [1.54, 1.807) is 32.1 Å². The Bertz CT molecular complexity index is 863. The fourth-order valence-electron chi connectivity index (χ4n) is 2.59. The summed E-state index contributed by atoms with van der Waals surface area (Å²) < 4.78 is 31.7. The van der Waals surface area contributed by atoms with Gasteiger partial charge < -0.3 is 20.3 Å². The Morgan fingerprint density at radius 3 is 2.50 bits per heavy atom. The molecule has 0 bridgehead atoms. The number of nitrogens with one attached hydrogen (secondary N) is 2. The third kappa shape index (κ3) is 8.13. The summed E-state index contributed by atoms with van der Waals surface area (Å²) in [6.45, 7) is 1.20. The Morgan fingerprint density at radius 2 is 1.83 bits per heavy atom. The topological polar surface area (TPSA) is 66.0 Å². The molecule has 0 radical (unpaired) electrons. The molecule has 2 N–H and O–H groups in total. The molecule has 0 unspecified atom stereocenters. The number of rotatable bonds is 8. The van der Waals surface area contributed by atoms with Crippen LogP contribution in [0, 0.1) is 11.6 Å². The van der Waals surface area contributed by atoms with E-state index >= 15 is 0 Å². The Labute approximate surface area is 192 Å². The molecule has 0 spiro atoms. The van der Waals surface area contributed by atoms with Crippen molar-refractivity contribution in [1.29, 1.82) is 0 Å². The molecule has 0 aliphatic heterocycles. The van der Waals surface area contributed by atoms with Gasteiger partial charge in [0.05, 0.1) is 6.54 Å². The number of ether oxygens (including phenoxy) is 1. The van der Waals surface area contributed by atoms with Crippen LogP contribution in [0.3, 0.4) is 0 Å². The van der Waals surface area contributed by atoms with Gasteiger partial charge in [0.2, 0.25) is 0 Å². The minimum absolute atomic E-state index is 0. The number of amides is 1. The Kier molecular flexibility index (Phi) is 11.1. The van der Waals surface area contributed by atoms with Crippen molar-refractivity contribution in [2.75, 3.05) is 40.8 Å².